The molecule has 2 heteroatoms. The summed E-state index contributed by atoms with van der Waals surface area (Å²) >= 11 is -0.527. The number of Topliss-reactive ketones (excluding diaryl/α,β-unsaturated/α-hetero) is 1. The molecule has 1 aromatic rings. The Kier molecular flexibility index (Phi) is 3.39. The fourth-order valence-electron chi connectivity index (χ4n) is 1.75. The summed E-state index contributed by atoms with van der Waals surface area (Å²) in [6, 6.07) is 9.72. The van der Waals surface area contributed by atoms with Gasteiger partial charge in [-0.3, -0.25) is 0 Å². The Bertz CT molecular complexity index is 301. The summed E-state index contributed by atoms with van der Waals surface area (Å²) < 4.78 is 0. The van der Waals surface area contributed by atoms with Crippen LogP contribution in [-0.2, 0) is 0 Å². The zero-order valence-electron chi connectivity index (χ0n) is 8.24. The summed E-state index contributed by atoms with van der Waals surface area (Å²) in [5, 5.41) is 3.63. The van der Waals surface area contributed by atoms with Crippen molar-refractivity contribution >= 4 is 19.7 Å². The van der Waals surface area contributed by atoms with Crippen LogP contribution in [0, 0.1) is 0 Å². The van der Waals surface area contributed by atoms with Crippen molar-refractivity contribution in [1.82, 2.24) is 0 Å². The Balaban J connectivity index is 1.95. The Morgan fingerprint density at radius 1 is 1.14 bits per heavy atom. The van der Waals surface area contributed by atoms with E-state index in [-0.39, 0.29) is 0 Å². The van der Waals surface area contributed by atoms with E-state index in [9.17, 15) is 4.79 Å². The monoisotopic (exact) mass is 255 g/mol. The van der Waals surface area contributed by atoms with Crippen molar-refractivity contribution < 1.29 is 4.79 Å². The molecule has 0 spiro atoms. The molecule has 0 aromatic heterocycles. The average molecular weight is 254 g/mol. The van der Waals surface area contributed by atoms with E-state index in [1.54, 1.807) is 0 Å². The van der Waals surface area contributed by atoms with E-state index in [1.807, 2.05) is 30.3 Å². The van der Waals surface area contributed by atoms with E-state index in [2.05, 4.69) is 0 Å². The van der Waals surface area contributed by atoms with Crippen molar-refractivity contribution in [3.8, 4) is 0 Å². The number of hydrogen-bond donors (Lipinski definition) is 0. The van der Waals surface area contributed by atoms with Crippen LogP contribution >= 0.6 is 0 Å². The molecular weight excluding hydrogens is 239 g/mol. The predicted octanol–water partition coefficient (Wildman–Crippen LogP) is 3.16. The van der Waals surface area contributed by atoms with Gasteiger partial charge in [-0.05, 0) is 0 Å². The molecule has 1 heterocycles. The molecule has 1 aromatic carbocycles. The number of ketones is 1. The predicted molar refractivity (Wildman–Crippen MR) is 60.2 cm³/mol. The fourth-order valence-corrected chi connectivity index (χ4v) is 6.48. The van der Waals surface area contributed by atoms with E-state index in [0.29, 0.717) is 5.78 Å². The summed E-state index contributed by atoms with van der Waals surface area (Å²) in [6.07, 6.45) is 2.74. The molecule has 0 amide bonds. The van der Waals surface area contributed by atoms with E-state index < -0.39 is 13.9 Å². The van der Waals surface area contributed by atoms with Crippen molar-refractivity contribution in [2.24, 2.45) is 0 Å². The maximum atomic E-state index is 11.8. The van der Waals surface area contributed by atoms with Crippen LogP contribution in [-0.4, -0.2) is 19.7 Å². The third kappa shape index (κ3) is 2.46. The Hall–Kier alpha value is -0.591. The molecule has 0 atom stereocenters. The summed E-state index contributed by atoms with van der Waals surface area (Å²) in [5.74, 6) is 0.373. The van der Waals surface area contributed by atoms with Gasteiger partial charge in [0.05, 0.1) is 0 Å². The van der Waals surface area contributed by atoms with Crippen LogP contribution < -0.4 is 0 Å². The van der Waals surface area contributed by atoms with Gasteiger partial charge in [0.1, 0.15) is 0 Å². The normalized spacial score (nSPS) is 17.1. The molecule has 0 bridgehead atoms. The molecule has 2 rings (SSSR count). The van der Waals surface area contributed by atoms with Gasteiger partial charge in [0.2, 0.25) is 0 Å². The van der Waals surface area contributed by atoms with Crippen LogP contribution in [0.5, 0.6) is 0 Å². The fraction of sp³-hybridized carbons (Fsp3) is 0.417. The third-order valence-electron chi connectivity index (χ3n) is 2.55. The van der Waals surface area contributed by atoms with Crippen molar-refractivity contribution in [3.05, 3.63) is 35.9 Å². The van der Waals surface area contributed by atoms with Gasteiger partial charge in [0.25, 0.3) is 0 Å². The van der Waals surface area contributed by atoms with Crippen molar-refractivity contribution in [2.75, 3.05) is 0 Å². The van der Waals surface area contributed by atoms with Crippen LogP contribution in [0.4, 0.5) is 0 Å². The van der Waals surface area contributed by atoms with Gasteiger partial charge in [-0.25, -0.2) is 0 Å². The van der Waals surface area contributed by atoms with Crippen LogP contribution in [0.2, 0.25) is 16.0 Å². The van der Waals surface area contributed by atoms with Gasteiger partial charge >= 0.3 is 89.2 Å². The van der Waals surface area contributed by atoms with Gasteiger partial charge in [0, 0.05) is 0 Å². The standard InChI is InChI=1S/C12H15OSe/c13-12(10-14-8-4-5-9-14)11-6-2-1-3-7-11/h1-3,6-7H,4-5,8-10H2/q+1. The number of carbonyl (C=O) groups is 1. The first-order valence-electron chi connectivity index (χ1n) is 5.08. The van der Waals surface area contributed by atoms with E-state index >= 15 is 0 Å². The summed E-state index contributed by atoms with van der Waals surface area (Å²) in [4.78, 5) is 11.8. The molecule has 74 valence electrons. The Labute approximate surface area is 89.4 Å². The number of carbonyl (C=O) groups excluding carboxylic acids is 1. The molecule has 1 saturated heterocycles. The molecule has 1 aliphatic heterocycles. The SMILES string of the molecule is O=C(C[Se+]1CCCC1)c1ccccc1. The van der Waals surface area contributed by atoms with Crippen molar-refractivity contribution in [2.45, 2.75) is 28.8 Å². The summed E-state index contributed by atoms with van der Waals surface area (Å²) in [5.41, 5.74) is 0.906. The molecule has 0 radical (unpaired) electrons. The first-order valence-corrected chi connectivity index (χ1v) is 8.72. The van der Waals surface area contributed by atoms with Crippen LogP contribution in [0.3, 0.4) is 0 Å². The molecular formula is C12H15OSe+. The third-order valence-corrected chi connectivity index (χ3v) is 7.59. The van der Waals surface area contributed by atoms with E-state index in [0.717, 1.165) is 10.9 Å². The molecule has 1 fully saturated rings. The Morgan fingerprint density at radius 3 is 2.43 bits per heavy atom. The van der Waals surface area contributed by atoms with Gasteiger partial charge < -0.3 is 0 Å². The molecule has 14 heavy (non-hydrogen) atoms. The maximum absolute atomic E-state index is 11.8. The quantitative estimate of drug-likeness (QED) is 0.598. The molecule has 1 nitrogen and oxygen atoms in total. The number of benzene rings is 1. The topological polar surface area (TPSA) is 17.1 Å². The molecule has 0 saturated carbocycles. The number of rotatable bonds is 3. The van der Waals surface area contributed by atoms with Gasteiger partial charge in [-0.15, -0.1) is 0 Å². The summed E-state index contributed by atoms with van der Waals surface area (Å²) in [7, 11) is 0. The van der Waals surface area contributed by atoms with Crippen LogP contribution in [0.15, 0.2) is 30.3 Å². The molecule has 0 N–H and O–H groups in total. The van der Waals surface area contributed by atoms with Crippen LogP contribution in [0.1, 0.15) is 23.2 Å². The zero-order valence-corrected chi connectivity index (χ0v) is 9.95. The zero-order chi connectivity index (χ0) is 9.80. The van der Waals surface area contributed by atoms with Gasteiger partial charge in [-0.1, -0.05) is 0 Å². The molecule has 0 aliphatic carbocycles. The Morgan fingerprint density at radius 2 is 1.79 bits per heavy atom. The second-order valence-electron chi connectivity index (χ2n) is 3.66. The minimum absolute atomic E-state index is 0.373. The van der Waals surface area contributed by atoms with Crippen molar-refractivity contribution in [3.63, 3.8) is 0 Å². The second kappa shape index (κ2) is 4.77. The van der Waals surface area contributed by atoms with E-state index in [1.165, 1.54) is 23.5 Å². The molecule has 1 aliphatic rings. The summed E-state index contributed by atoms with van der Waals surface area (Å²) in [6.45, 7) is 0. The van der Waals surface area contributed by atoms with Gasteiger partial charge in [0.15, 0.2) is 0 Å². The first-order chi connectivity index (χ1) is 6.86. The van der Waals surface area contributed by atoms with E-state index in [4.69, 9.17) is 0 Å². The number of hydrogen-bond acceptors (Lipinski definition) is 1. The average Bonchev–Trinajstić information content (AvgIpc) is 2.72. The van der Waals surface area contributed by atoms with Crippen LogP contribution in [0.25, 0.3) is 0 Å². The second-order valence-corrected chi connectivity index (χ2v) is 8.55. The van der Waals surface area contributed by atoms with Gasteiger partial charge in [-0.2, -0.15) is 0 Å². The first kappa shape index (κ1) is 9.95. The van der Waals surface area contributed by atoms with Crippen molar-refractivity contribution in [1.29, 1.82) is 0 Å². The molecule has 0 unspecified atom stereocenters. The minimum atomic E-state index is -0.527.